The number of nitrogens with zero attached hydrogens (tertiary/aromatic N) is 2. The molecule has 1 saturated heterocycles. The van der Waals surface area contributed by atoms with Crippen molar-refractivity contribution < 1.29 is 9.53 Å². The van der Waals surface area contributed by atoms with Gasteiger partial charge in [0.05, 0.1) is 23.9 Å². The maximum atomic E-state index is 13.0. The van der Waals surface area contributed by atoms with Crippen LogP contribution in [0.15, 0.2) is 29.8 Å². The van der Waals surface area contributed by atoms with Crippen molar-refractivity contribution in [2.24, 2.45) is 0 Å². The van der Waals surface area contributed by atoms with Crippen LogP contribution in [-0.2, 0) is 11.3 Å². The summed E-state index contributed by atoms with van der Waals surface area (Å²) in [7, 11) is 1.60. The summed E-state index contributed by atoms with van der Waals surface area (Å²) in [6.07, 6.45) is 0. The zero-order chi connectivity index (χ0) is 16.2. The molecular weight excluding hydrogens is 334 g/mol. The molecule has 1 aliphatic rings. The van der Waals surface area contributed by atoms with E-state index in [1.807, 2.05) is 29.2 Å². The second-order valence-electron chi connectivity index (χ2n) is 5.33. The molecule has 5 nitrogen and oxygen atoms in total. The normalized spacial score (nSPS) is 18.2. The molecule has 0 aliphatic carbocycles. The molecule has 1 aromatic carbocycles. The minimum Gasteiger partial charge on any atom is -0.378 e. The number of ether oxygens (including phenoxy) is 1. The van der Waals surface area contributed by atoms with Crippen molar-refractivity contribution >= 4 is 28.8 Å². The Morgan fingerprint density at radius 3 is 3.22 bits per heavy atom. The summed E-state index contributed by atoms with van der Waals surface area (Å²) in [6, 6.07) is 7.65. The summed E-state index contributed by atoms with van der Waals surface area (Å²) >= 11 is 7.47. The Balaban J connectivity index is 1.89. The van der Waals surface area contributed by atoms with Gasteiger partial charge < -0.3 is 15.0 Å². The maximum Gasteiger partial charge on any atom is 0.266 e. The molecule has 0 radical (unpaired) electrons. The fourth-order valence-corrected chi connectivity index (χ4v) is 3.72. The van der Waals surface area contributed by atoms with Gasteiger partial charge in [-0.25, -0.2) is 4.98 Å². The lowest BCUT2D eigenvalue weighted by atomic mass is 10.0. The zero-order valence-electron chi connectivity index (χ0n) is 12.8. The topological polar surface area (TPSA) is 54.5 Å². The van der Waals surface area contributed by atoms with Crippen LogP contribution in [0.3, 0.4) is 0 Å². The van der Waals surface area contributed by atoms with Gasteiger partial charge >= 0.3 is 0 Å². The quantitative estimate of drug-likeness (QED) is 0.920. The molecule has 1 aliphatic heterocycles. The molecule has 1 unspecified atom stereocenters. The first-order valence-electron chi connectivity index (χ1n) is 7.39. The van der Waals surface area contributed by atoms with Crippen LogP contribution in [0.1, 0.15) is 27.0 Å². The standard InChI is InChI=1S/C16H18ClN3O2S/c1-22-9-13-15(23-10-19-13)16(21)20-6-5-18-8-14(20)11-3-2-4-12(17)7-11/h2-4,7,10,14,18H,5-6,8-9H2,1H3. The number of methoxy groups -OCH3 is 1. The molecule has 1 amide bonds. The lowest BCUT2D eigenvalue weighted by molar-refractivity contribution is 0.0634. The van der Waals surface area contributed by atoms with E-state index in [4.69, 9.17) is 16.3 Å². The molecule has 122 valence electrons. The Morgan fingerprint density at radius 1 is 1.57 bits per heavy atom. The zero-order valence-corrected chi connectivity index (χ0v) is 14.4. The average molecular weight is 352 g/mol. The van der Waals surface area contributed by atoms with Crippen LogP contribution in [0.2, 0.25) is 5.02 Å². The van der Waals surface area contributed by atoms with Gasteiger partial charge in [-0.2, -0.15) is 0 Å². The third-order valence-corrected chi connectivity index (χ3v) is 4.95. The van der Waals surface area contributed by atoms with Crippen LogP contribution >= 0.6 is 22.9 Å². The van der Waals surface area contributed by atoms with Gasteiger partial charge in [0, 0.05) is 31.8 Å². The Bertz CT molecular complexity index is 691. The number of piperazine rings is 1. The summed E-state index contributed by atoms with van der Waals surface area (Å²) in [6.45, 7) is 2.49. The van der Waals surface area contributed by atoms with Crippen molar-refractivity contribution in [3.63, 3.8) is 0 Å². The summed E-state index contributed by atoms with van der Waals surface area (Å²) in [5, 5.41) is 4.03. The Labute approximate surface area is 144 Å². The molecule has 1 atom stereocenters. The number of carbonyl (C=O) groups excluding carboxylic acids is 1. The van der Waals surface area contributed by atoms with Gasteiger partial charge in [-0.15, -0.1) is 11.3 Å². The highest BCUT2D eigenvalue weighted by molar-refractivity contribution is 7.11. The third kappa shape index (κ3) is 3.55. The summed E-state index contributed by atoms with van der Waals surface area (Å²) in [4.78, 5) is 19.8. The molecule has 2 aromatic rings. The monoisotopic (exact) mass is 351 g/mol. The fourth-order valence-electron chi connectivity index (χ4n) is 2.77. The van der Waals surface area contributed by atoms with E-state index in [1.165, 1.54) is 11.3 Å². The number of aromatic nitrogens is 1. The van der Waals surface area contributed by atoms with Crippen LogP contribution < -0.4 is 5.32 Å². The molecule has 7 heteroatoms. The number of rotatable bonds is 4. The minimum absolute atomic E-state index is 0.00558. The lowest BCUT2D eigenvalue weighted by Gasteiger charge is -2.36. The number of halogens is 1. The predicted molar refractivity (Wildman–Crippen MR) is 90.9 cm³/mol. The van der Waals surface area contributed by atoms with Crippen LogP contribution in [0.25, 0.3) is 0 Å². The van der Waals surface area contributed by atoms with Gasteiger partial charge in [-0.05, 0) is 17.7 Å². The first-order valence-corrected chi connectivity index (χ1v) is 8.65. The highest BCUT2D eigenvalue weighted by atomic mass is 35.5. The minimum atomic E-state index is -0.0348. The Morgan fingerprint density at radius 2 is 2.43 bits per heavy atom. The van der Waals surface area contributed by atoms with E-state index in [1.54, 1.807) is 12.6 Å². The van der Waals surface area contributed by atoms with Crippen LogP contribution in [0, 0.1) is 0 Å². The van der Waals surface area contributed by atoms with Crippen molar-refractivity contribution in [3.8, 4) is 0 Å². The maximum absolute atomic E-state index is 13.0. The number of thiazole rings is 1. The number of nitrogens with one attached hydrogen (secondary N) is 1. The molecule has 2 heterocycles. The van der Waals surface area contributed by atoms with Crippen LogP contribution in [-0.4, -0.2) is 42.5 Å². The van der Waals surface area contributed by atoms with Gasteiger partial charge in [0.15, 0.2) is 0 Å². The molecule has 0 bridgehead atoms. The first kappa shape index (κ1) is 16.4. The van der Waals surface area contributed by atoms with E-state index in [-0.39, 0.29) is 11.9 Å². The molecule has 1 fully saturated rings. The van der Waals surface area contributed by atoms with Crippen LogP contribution in [0.5, 0.6) is 0 Å². The van der Waals surface area contributed by atoms with Gasteiger partial charge in [-0.1, -0.05) is 23.7 Å². The van der Waals surface area contributed by atoms with Crippen molar-refractivity contribution in [1.29, 1.82) is 0 Å². The van der Waals surface area contributed by atoms with Crippen molar-refractivity contribution in [1.82, 2.24) is 15.2 Å². The van der Waals surface area contributed by atoms with Crippen molar-refractivity contribution in [2.45, 2.75) is 12.6 Å². The first-order chi connectivity index (χ1) is 11.2. The SMILES string of the molecule is COCc1ncsc1C(=O)N1CCNCC1c1cccc(Cl)c1. The molecule has 0 saturated carbocycles. The lowest BCUT2D eigenvalue weighted by Crippen LogP contribution is -2.48. The van der Waals surface area contributed by atoms with Crippen molar-refractivity contribution in [3.05, 3.63) is 50.9 Å². The molecule has 3 rings (SSSR count). The number of hydrogen-bond donors (Lipinski definition) is 1. The molecular formula is C16H18ClN3O2S. The predicted octanol–water partition coefficient (Wildman–Crippen LogP) is 2.73. The van der Waals surface area contributed by atoms with E-state index in [2.05, 4.69) is 10.3 Å². The van der Waals surface area contributed by atoms with E-state index in [9.17, 15) is 4.79 Å². The smallest absolute Gasteiger partial charge is 0.266 e. The Kier molecular flexibility index (Phi) is 5.27. The van der Waals surface area contributed by atoms with Gasteiger partial charge in [0.2, 0.25) is 0 Å². The highest BCUT2D eigenvalue weighted by Crippen LogP contribution is 2.28. The second kappa shape index (κ2) is 7.40. The van der Waals surface area contributed by atoms with Crippen LogP contribution in [0.4, 0.5) is 0 Å². The number of carbonyl (C=O) groups is 1. The molecule has 0 spiro atoms. The van der Waals surface area contributed by atoms with E-state index in [0.29, 0.717) is 35.3 Å². The highest BCUT2D eigenvalue weighted by Gasteiger charge is 2.30. The Hall–Kier alpha value is -1.47. The molecule has 1 N–H and O–H groups in total. The average Bonchev–Trinajstić information content (AvgIpc) is 3.03. The summed E-state index contributed by atoms with van der Waals surface area (Å²) in [5.41, 5.74) is 3.43. The third-order valence-electron chi connectivity index (χ3n) is 3.85. The molecule has 23 heavy (non-hydrogen) atoms. The van der Waals surface area contributed by atoms with Gasteiger partial charge in [0.1, 0.15) is 4.88 Å². The largest absolute Gasteiger partial charge is 0.378 e. The van der Waals surface area contributed by atoms with Gasteiger partial charge in [-0.3, -0.25) is 4.79 Å². The summed E-state index contributed by atoms with van der Waals surface area (Å²) in [5.74, 6) is 0.00558. The second-order valence-corrected chi connectivity index (χ2v) is 6.63. The van der Waals surface area contributed by atoms with E-state index >= 15 is 0 Å². The fraction of sp³-hybridized carbons (Fsp3) is 0.375. The number of benzene rings is 1. The van der Waals surface area contributed by atoms with E-state index < -0.39 is 0 Å². The van der Waals surface area contributed by atoms with E-state index in [0.717, 1.165) is 12.1 Å². The summed E-state index contributed by atoms with van der Waals surface area (Å²) < 4.78 is 5.14. The van der Waals surface area contributed by atoms with Crippen molar-refractivity contribution in [2.75, 3.05) is 26.7 Å². The number of amides is 1. The van der Waals surface area contributed by atoms with Gasteiger partial charge in [0.25, 0.3) is 5.91 Å². The number of hydrogen-bond acceptors (Lipinski definition) is 5. The molecule has 1 aromatic heterocycles.